The Bertz CT molecular complexity index is 1100. The molecule has 2 heterocycles. The maximum Gasteiger partial charge on any atom is 0.377 e. The summed E-state index contributed by atoms with van der Waals surface area (Å²) in [5.74, 6) is 0. The molecule has 26 heavy (non-hydrogen) atoms. The Kier molecular flexibility index (Phi) is 5.48. The maximum absolute atomic E-state index is 13.0. The molecule has 0 unspecified atom stereocenters. The van der Waals surface area contributed by atoms with Crippen molar-refractivity contribution in [2.45, 2.75) is 13.8 Å². The van der Waals surface area contributed by atoms with E-state index in [9.17, 15) is 9.36 Å². The fraction of sp³-hybridized carbons (Fsp3) is 0.235. The van der Waals surface area contributed by atoms with Crippen molar-refractivity contribution in [1.82, 2.24) is 9.97 Å². The zero-order valence-electron chi connectivity index (χ0n) is 14.2. The zero-order chi connectivity index (χ0) is 18.7. The summed E-state index contributed by atoms with van der Waals surface area (Å²) in [5, 5.41) is 0.738. The summed E-state index contributed by atoms with van der Waals surface area (Å²) < 4.78 is 29.1. The number of aromatic amines is 1. The van der Waals surface area contributed by atoms with Crippen molar-refractivity contribution in [2.24, 2.45) is 0 Å². The molecule has 136 valence electrons. The van der Waals surface area contributed by atoms with Gasteiger partial charge in [0.2, 0.25) is 0 Å². The monoisotopic (exact) mass is 392 g/mol. The second-order valence-electron chi connectivity index (χ2n) is 5.28. The summed E-state index contributed by atoms with van der Waals surface area (Å²) >= 11 is 5.13. The van der Waals surface area contributed by atoms with E-state index < -0.39 is 13.2 Å². The number of hydrogen-bond donors (Lipinski definition) is 1. The predicted molar refractivity (Wildman–Crippen MR) is 101 cm³/mol. The number of rotatable bonds is 6. The van der Waals surface area contributed by atoms with Crippen LogP contribution >= 0.6 is 19.8 Å². The molecule has 0 spiro atoms. The first-order chi connectivity index (χ1) is 12.5. The fourth-order valence-corrected chi connectivity index (χ4v) is 4.33. The molecule has 0 radical (unpaired) electrons. The van der Waals surface area contributed by atoms with Gasteiger partial charge in [-0.2, -0.15) is 0 Å². The molecular weight excluding hydrogens is 375 g/mol. The Labute approximate surface area is 154 Å². The van der Waals surface area contributed by atoms with Crippen molar-refractivity contribution in [3.63, 3.8) is 0 Å². The highest BCUT2D eigenvalue weighted by Gasteiger charge is 2.29. The summed E-state index contributed by atoms with van der Waals surface area (Å²) in [6, 6.07) is 10.2. The van der Waals surface area contributed by atoms with Crippen LogP contribution in [0.5, 0.6) is 0 Å². The van der Waals surface area contributed by atoms with Crippen LogP contribution in [0.2, 0.25) is 0 Å². The molecule has 2 aromatic heterocycles. The highest BCUT2D eigenvalue weighted by atomic mass is 32.1. The summed E-state index contributed by atoms with van der Waals surface area (Å²) in [4.78, 5) is 19.3. The number of fused-ring (bicyclic) bond motifs is 1. The molecule has 3 aromatic rings. The van der Waals surface area contributed by atoms with Crippen LogP contribution in [0.1, 0.15) is 13.8 Å². The quantitative estimate of drug-likeness (QED) is 0.387. The van der Waals surface area contributed by atoms with E-state index in [0.29, 0.717) is 5.58 Å². The minimum atomic E-state index is -3.60. The van der Waals surface area contributed by atoms with Gasteiger partial charge in [0.05, 0.1) is 24.5 Å². The van der Waals surface area contributed by atoms with Crippen molar-refractivity contribution >= 4 is 36.2 Å². The number of benzene rings is 1. The second kappa shape index (κ2) is 7.63. The first-order valence-corrected chi connectivity index (χ1v) is 9.96. The van der Waals surface area contributed by atoms with Crippen LogP contribution in [0.4, 0.5) is 0 Å². The van der Waals surface area contributed by atoms with Crippen LogP contribution in [0.15, 0.2) is 45.6 Å². The molecule has 0 bridgehead atoms. The minimum absolute atomic E-state index is 0.0599. The number of H-pyrrole nitrogens is 1. The lowest BCUT2D eigenvalue weighted by molar-refractivity contribution is 0.229. The fourth-order valence-electron chi connectivity index (χ4n) is 2.49. The van der Waals surface area contributed by atoms with Crippen LogP contribution < -0.4 is 11.1 Å². The summed E-state index contributed by atoms with van der Waals surface area (Å²) in [5.41, 5.74) is 0.499. The predicted octanol–water partition coefficient (Wildman–Crippen LogP) is 3.80. The van der Waals surface area contributed by atoms with Crippen molar-refractivity contribution in [3.05, 3.63) is 51.6 Å². The Hall–Kier alpha value is -2.12. The van der Waals surface area contributed by atoms with Crippen molar-refractivity contribution < 1.29 is 18.0 Å². The van der Waals surface area contributed by atoms with E-state index in [1.807, 2.05) is 12.1 Å². The molecule has 0 amide bonds. The third-order valence-corrected chi connectivity index (χ3v) is 5.76. The Balaban J connectivity index is 2.20. The molecule has 3 rings (SSSR count). The van der Waals surface area contributed by atoms with Gasteiger partial charge >= 0.3 is 13.2 Å². The van der Waals surface area contributed by atoms with Gasteiger partial charge in [-0.05, 0) is 44.3 Å². The Morgan fingerprint density at radius 2 is 1.88 bits per heavy atom. The Morgan fingerprint density at radius 3 is 2.58 bits per heavy atom. The standard InChI is InChI=1S/C17H17N2O5PS/c1-3-22-25(21,23-4-2)15-10-13(18-17(26)19-15)12-9-11-7-5-6-8-14(11)24-16(12)20/h5-10H,3-4H2,1-2H3,(H,18,19,26). The SMILES string of the molecule is CCOP(=O)(OCC)c1cc(-c2cc3ccccc3oc2=O)nc(=S)[nH]1. The zero-order valence-corrected chi connectivity index (χ0v) is 15.9. The number of hydrogen-bond acceptors (Lipinski definition) is 7. The van der Waals surface area contributed by atoms with Crippen LogP contribution in [-0.2, 0) is 13.6 Å². The normalized spacial score (nSPS) is 11.8. The van der Waals surface area contributed by atoms with Crippen LogP contribution in [-0.4, -0.2) is 23.2 Å². The van der Waals surface area contributed by atoms with E-state index in [1.54, 1.807) is 32.0 Å². The van der Waals surface area contributed by atoms with E-state index in [0.717, 1.165) is 5.39 Å². The Morgan fingerprint density at radius 1 is 1.19 bits per heavy atom. The lowest BCUT2D eigenvalue weighted by Crippen LogP contribution is -2.17. The van der Waals surface area contributed by atoms with Crippen molar-refractivity contribution in [3.8, 4) is 11.3 Å². The van der Waals surface area contributed by atoms with Crippen molar-refractivity contribution in [2.75, 3.05) is 13.2 Å². The molecule has 1 aromatic carbocycles. The van der Waals surface area contributed by atoms with Gasteiger partial charge in [0.25, 0.3) is 0 Å². The first kappa shape index (κ1) is 18.7. The van der Waals surface area contributed by atoms with Gasteiger partial charge in [0.15, 0.2) is 4.77 Å². The lowest BCUT2D eigenvalue weighted by atomic mass is 10.1. The van der Waals surface area contributed by atoms with Gasteiger partial charge in [-0.1, -0.05) is 18.2 Å². The number of nitrogens with one attached hydrogen (secondary N) is 1. The van der Waals surface area contributed by atoms with Crippen LogP contribution in [0.25, 0.3) is 22.2 Å². The lowest BCUT2D eigenvalue weighted by Gasteiger charge is -2.17. The van der Waals surface area contributed by atoms with E-state index in [-0.39, 0.29) is 34.7 Å². The molecular formula is C17H17N2O5PS. The van der Waals surface area contributed by atoms with E-state index in [4.69, 9.17) is 25.7 Å². The molecule has 0 saturated carbocycles. The van der Waals surface area contributed by atoms with Gasteiger partial charge in [-0.3, -0.25) is 4.57 Å². The highest BCUT2D eigenvalue weighted by molar-refractivity contribution is 7.71. The third kappa shape index (κ3) is 3.68. The van der Waals surface area contributed by atoms with E-state index >= 15 is 0 Å². The average Bonchev–Trinajstić information content (AvgIpc) is 2.61. The molecule has 0 aliphatic rings. The van der Waals surface area contributed by atoms with Crippen LogP contribution in [0, 0.1) is 4.77 Å². The molecule has 0 saturated heterocycles. The first-order valence-electron chi connectivity index (χ1n) is 8.01. The third-order valence-electron chi connectivity index (χ3n) is 3.54. The number of aromatic nitrogens is 2. The largest absolute Gasteiger partial charge is 0.422 e. The summed E-state index contributed by atoms with van der Waals surface area (Å²) in [6.07, 6.45) is 0. The number of nitrogens with zero attached hydrogens (tertiary/aromatic N) is 1. The van der Waals surface area contributed by atoms with E-state index in [1.165, 1.54) is 6.07 Å². The van der Waals surface area contributed by atoms with Gasteiger partial charge in [0.1, 0.15) is 11.0 Å². The molecule has 0 aliphatic heterocycles. The molecule has 1 N–H and O–H groups in total. The highest BCUT2D eigenvalue weighted by Crippen LogP contribution is 2.46. The topological polar surface area (TPSA) is 94.4 Å². The molecule has 0 aliphatic carbocycles. The van der Waals surface area contributed by atoms with Gasteiger partial charge in [0, 0.05) is 5.39 Å². The van der Waals surface area contributed by atoms with Crippen LogP contribution in [0.3, 0.4) is 0 Å². The van der Waals surface area contributed by atoms with Gasteiger partial charge < -0.3 is 18.4 Å². The van der Waals surface area contributed by atoms with Gasteiger partial charge in [-0.15, -0.1) is 0 Å². The molecule has 9 heteroatoms. The molecule has 0 atom stereocenters. The summed E-state index contributed by atoms with van der Waals surface area (Å²) in [6.45, 7) is 3.79. The molecule has 0 fully saturated rings. The second-order valence-corrected chi connectivity index (χ2v) is 7.65. The molecule has 7 nitrogen and oxygen atoms in total. The summed E-state index contributed by atoms with van der Waals surface area (Å²) in [7, 11) is -3.60. The van der Waals surface area contributed by atoms with E-state index in [2.05, 4.69) is 9.97 Å². The van der Waals surface area contributed by atoms with Gasteiger partial charge in [-0.25, -0.2) is 9.78 Å². The smallest absolute Gasteiger partial charge is 0.377 e. The maximum atomic E-state index is 13.0. The minimum Gasteiger partial charge on any atom is -0.422 e. The average molecular weight is 392 g/mol. The van der Waals surface area contributed by atoms with Crippen molar-refractivity contribution in [1.29, 1.82) is 0 Å². The number of para-hydroxylation sites is 1.